The molecule has 0 radical (unpaired) electrons. The molecule has 1 heterocycles. The highest BCUT2D eigenvalue weighted by molar-refractivity contribution is 7.89. The van der Waals surface area contributed by atoms with Crippen molar-refractivity contribution in [3.8, 4) is 0 Å². The number of carbonyl (C=O) groups is 2. The normalized spacial score (nSPS) is 20.7. The van der Waals surface area contributed by atoms with E-state index in [1.165, 1.54) is 24.3 Å². The molecular formula is C18H26N2O5S. The van der Waals surface area contributed by atoms with Crippen molar-refractivity contribution in [3.63, 3.8) is 0 Å². The van der Waals surface area contributed by atoms with E-state index in [-0.39, 0.29) is 29.5 Å². The van der Waals surface area contributed by atoms with Crippen LogP contribution < -0.4 is 4.72 Å². The molecule has 1 aliphatic heterocycles. The third kappa shape index (κ3) is 5.28. The molecule has 2 atom stereocenters. The van der Waals surface area contributed by atoms with E-state index in [1.54, 1.807) is 11.8 Å². The Morgan fingerprint density at radius 3 is 2.50 bits per heavy atom. The van der Waals surface area contributed by atoms with Gasteiger partial charge in [-0.2, -0.15) is 0 Å². The van der Waals surface area contributed by atoms with Crippen molar-refractivity contribution in [2.45, 2.75) is 32.1 Å². The van der Waals surface area contributed by atoms with Crippen molar-refractivity contribution in [1.82, 2.24) is 9.62 Å². The Hall–Kier alpha value is -1.93. The lowest BCUT2D eigenvalue weighted by atomic mass is 9.92. The van der Waals surface area contributed by atoms with Crippen molar-refractivity contribution >= 4 is 21.9 Å². The van der Waals surface area contributed by atoms with Gasteiger partial charge >= 0.3 is 5.97 Å². The summed E-state index contributed by atoms with van der Waals surface area (Å²) in [5, 5.41) is 0. The monoisotopic (exact) mass is 382 g/mol. The van der Waals surface area contributed by atoms with Gasteiger partial charge in [0.05, 0.1) is 10.5 Å². The van der Waals surface area contributed by atoms with Gasteiger partial charge in [-0.25, -0.2) is 17.9 Å². The highest BCUT2D eigenvalue weighted by Gasteiger charge is 2.26. The van der Waals surface area contributed by atoms with Gasteiger partial charge in [0.15, 0.2) is 6.61 Å². The number of carbonyl (C=O) groups excluding carboxylic acids is 2. The minimum atomic E-state index is -3.66. The summed E-state index contributed by atoms with van der Waals surface area (Å²) in [6.07, 6.45) is 1.08. The zero-order chi connectivity index (χ0) is 19.3. The number of rotatable bonds is 6. The fourth-order valence-corrected chi connectivity index (χ4v) is 4.32. The van der Waals surface area contributed by atoms with E-state index >= 15 is 0 Å². The number of ether oxygens (including phenoxy) is 1. The highest BCUT2D eigenvalue weighted by Crippen LogP contribution is 2.21. The highest BCUT2D eigenvalue weighted by atomic mass is 32.2. The molecule has 1 aliphatic rings. The molecule has 1 N–H and O–H groups in total. The number of hydrogen-bond acceptors (Lipinski definition) is 5. The number of piperidine rings is 1. The number of likely N-dealkylation sites (tertiary alicyclic amines) is 1. The lowest BCUT2D eigenvalue weighted by Gasteiger charge is -2.34. The molecule has 2 rings (SSSR count). The van der Waals surface area contributed by atoms with Crippen LogP contribution in [0, 0.1) is 11.8 Å². The van der Waals surface area contributed by atoms with Crippen LogP contribution in [0.3, 0.4) is 0 Å². The van der Waals surface area contributed by atoms with E-state index in [1.807, 2.05) is 0 Å². The molecule has 0 bridgehead atoms. The van der Waals surface area contributed by atoms with Crippen LogP contribution in [0.1, 0.15) is 37.6 Å². The van der Waals surface area contributed by atoms with E-state index in [2.05, 4.69) is 18.6 Å². The molecule has 0 spiro atoms. The molecule has 1 aromatic rings. The van der Waals surface area contributed by atoms with E-state index < -0.39 is 16.0 Å². The van der Waals surface area contributed by atoms with E-state index in [9.17, 15) is 18.0 Å². The van der Waals surface area contributed by atoms with Crippen molar-refractivity contribution in [2.24, 2.45) is 11.8 Å². The number of sulfonamides is 1. The third-order valence-electron chi connectivity index (χ3n) is 4.26. The number of amides is 1. The largest absolute Gasteiger partial charge is 0.452 e. The number of nitrogens with zero attached hydrogens (tertiary/aromatic N) is 1. The van der Waals surface area contributed by atoms with Gasteiger partial charge in [-0.3, -0.25) is 4.79 Å². The van der Waals surface area contributed by atoms with Crippen molar-refractivity contribution < 1.29 is 22.7 Å². The zero-order valence-electron chi connectivity index (χ0n) is 15.4. The van der Waals surface area contributed by atoms with Crippen molar-refractivity contribution in [1.29, 1.82) is 0 Å². The van der Waals surface area contributed by atoms with Crippen LogP contribution in [0.5, 0.6) is 0 Å². The Bertz CT molecular complexity index is 753. The fraction of sp³-hybridized carbons (Fsp3) is 0.556. The molecule has 26 heavy (non-hydrogen) atoms. The summed E-state index contributed by atoms with van der Waals surface area (Å²) in [5.41, 5.74) is 0.0946. The summed E-state index contributed by atoms with van der Waals surface area (Å²) in [7, 11) is -3.66. The summed E-state index contributed by atoms with van der Waals surface area (Å²) in [6, 6.07) is 5.58. The molecule has 144 valence electrons. The second-order valence-corrected chi connectivity index (χ2v) is 8.62. The first-order valence-corrected chi connectivity index (χ1v) is 10.3. The van der Waals surface area contributed by atoms with Gasteiger partial charge in [0.1, 0.15) is 0 Å². The topological polar surface area (TPSA) is 92.8 Å². The standard InChI is InChI=1S/C18H26N2O5S/c1-4-19-26(23,24)16-7-5-6-15(9-16)18(22)25-12-17(21)20-10-13(2)8-14(3)11-20/h5-7,9,13-14,19H,4,8,10-12H2,1-3H3. The predicted octanol–water partition coefficient (Wildman–Crippen LogP) is 1.65. The quantitative estimate of drug-likeness (QED) is 0.755. The first-order valence-electron chi connectivity index (χ1n) is 8.77. The molecule has 8 heteroatoms. The average Bonchev–Trinajstić information content (AvgIpc) is 2.58. The maximum atomic E-state index is 12.3. The van der Waals surface area contributed by atoms with E-state index in [4.69, 9.17) is 4.74 Å². The van der Waals surface area contributed by atoms with Crippen molar-refractivity contribution in [3.05, 3.63) is 29.8 Å². The number of esters is 1. The average molecular weight is 382 g/mol. The Morgan fingerprint density at radius 2 is 1.88 bits per heavy atom. The van der Waals surface area contributed by atoms with Crippen LogP contribution in [-0.4, -0.2) is 51.4 Å². The molecule has 0 saturated carbocycles. The minimum Gasteiger partial charge on any atom is -0.452 e. The SMILES string of the molecule is CCNS(=O)(=O)c1cccc(C(=O)OCC(=O)N2CC(C)CC(C)C2)c1. The number of hydrogen-bond donors (Lipinski definition) is 1. The van der Waals surface area contributed by atoms with Gasteiger partial charge in [-0.15, -0.1) is 0 Å². The van der Waals surface area contributed by atoms with Crippen LogP contribution >= 0.6 is 0 Å². The second-order valence-electron chi connectivity index (χ2n) is 6.85. The Balaban J connectivity index is 1.99. The van der Waals surface area contributed by atoms with Crippen LogP contribution in [0.15, 0.2) is 29.2 Å². The summed E-state index contributed by atoms with van der Waals surface area (Å²) in [4.78, 5) is 26.2. The Labute approximate surface area is 154 Å². The molecule has 2 unspecified atom stereocenters. The maximum absolute atomic E-state index is 12.3. The Kier molecular flexibility index (Phi) is 6.77. The van der Waals surface area contributed by atoms with Gasteiger partial charge in [0.25, 0.3) is 5.91 Å². The lowest BCUT2D eigenvalue weighted by molar-refractivity contribution is -0.137. The van der Waals surface area contributed by atoms with Crippen LogP contribution in [0.25, 0.3) is 0 Å². The van der Waals surface area contributed by atoms with Crippen LogP contribution in [0.4, 0.5) is 0 Å². The van der Waals surface area contributed by atoms with Gasteiger partial charge < -0.3 is 9.64 Å². The summed E-state index contributed by atoms with van der Waals surface area (Å²) >= 11 is 0. The Morgan fingerprint density at radius 1 is 1.23 bits per heavy atom. The summed E-state index contributed by atoms with van der Waals surface area (Å²) < 4.78 is 31.5. The zero-order valence-corrected chi connectivity index (χ0v) is 16.2. The number of benzene rings is 1. The molecule has 1 amide bonds. The molecule has 1 saturated heterocycles. The van der Waals surface area contributed by atoms with Gasteiger partial charge in [0, 0.05) is 19.6 Å². The van der Waals surface area contributed by atoms with E-state index in [0.717, 1.165) is 6.42 Å². The predicted molar refractivity (Wildman–Crippen MR) is 97.1 cm³/mol. The molecule has 0 aliphatic carbocycles. The third-order valence-corrected chi connectivity index (χ3v) is 5.81. The minimum absolute atomic E-state index is 0.0150. The van der Waals surface area contributed by atoms with Crippen LogP contribution in [0.2, 0.25) is 0 Å². The van der Waals surface area contributed by atoms with Crippen molar-refractivity contribution in [2.75, 3.05) is 26.2 Å². The molecule has 1 aromatic carbocycles. The summed E-state index contributed by atoms with van der Waals surface area (Å²) in [5.74, 6) is -0.101. The van der Waals surface area contributed by atoms with Gasteiger partial charge in [-0.05, 0) is 36.5 Å². The summed E-state index contributed by atoms with van der Waals surface area (Å²) in [6.45, 7) is 7.09. The molecule has 7 nitrogen and oxygen atoms in total. The second kappa shape index (κ2) is 8.64. The molecular weight excluding hydrogens is 356 g/mol. The number of nitrogens with one attached hydrogen (secondary N) is 1. The van der Waals surface area contributed by atoms with E-state index in [0.29, 0.717) is 24.9 Å². The molecule has 1 fully saturated rings. The lowest BCUT2D eigenvalue weighted by Crippen LogP contribution is -2.44. The molecule has 0 aromatic heterocycles. The smallest absolute Gasteiger partial charge is 0.338 e. The first-order chi connectivity index (χ1) is 12.2. The fourth-order valence-electron chi connectivity index (χ4n) is 3.23. The van der Waals surface area contributed by atoms with Gasteiger partial charge in [-0.1, -0.05) is 26.8 Å². The maximum Gasteiger partial charge on any atom is 0.338 e. The van der Waals surface area contributed by atoms with Gasteiger partial charge in [0.2, 0.25) is 10.0 Å². The first kappa shape index (κ1) is 20.4. The van der Waals surface area contributed by atoms with Crippen LogP contribution in [-0.2, 0) is 19.6 Å².